The lowest BCUT2D eigenvalue weighted by molar-refractivity contribution is 0.103. The summed E-state index contributed by atoms with van der Waals surface area (Å²) in [5, 5.41) is 6.23. The molecule has 1 N–H and O–H groups in total. The molecule has 1 aromatic rings. The standard InChI is InChI=1S/C15H24N4O2S/c1-12-17-13(11-22-12)10-18-4-6-19(7-5-18)15(20)16-9-14-3-2-8-21-14/h11,14H,2-10H2,1H3,(H,16,20)/t14-/m1/s1. The van der Waals surface area contributed by atoms with Crippen LogP contribution in [0.1, 0.15) is 23.5 Å². The number of thiazole rings is 1. The second-order valence-corrected chi connectivity index (χ2v) is 7.00. The Balaban J connectivity index is 1.38. The SMILES string of the molecule is Cc1nc(CN2CCN(C(=O)NC[C@H]3CCCO3)CC2)cs1. The lowest BCUT2D eigenvalue weighted by Crippen LogP contribution is -2.52. The third-order valence-corrected chi connectivity index (χ3v) is 5.04. The van der Waals surface area contributed by atoms with Gasteiger partial charge in [0.2, 0.25) is 0 Å². The van der Waals surface area contributed by atoms with Gasteiger partial charge in [-0.15, -0.1) is 11.3 Å². The topological polar surface area (TPSA) is 57.7 Å². The van der Waals surface area contributed by atoms with Gasteiger partial charge in [0.05, 0.1) is 16.8 Å². The molecule has 2 aliphatic rings. The van der Waals surface area contributed by atoms with Crippen molar-refractivity contribution in [2.45, 2.75) is 32.4 Å². The minimum absolute atomic E-state index is 0.0413. The first-order chi connectivity index (χ1) is 10.7. The fraction of sp³-hybridized carbons (Fsp3) is 0.733. The highest BCUT2D eigenvalue weighted by Gasteiger charge is 2.23. The molecular formula is C15H24N4O2S. The van der Waals surface area contributed by atoms with E-state index < -0.39 is 0 Å². The lowest BCUT2D eigenvalue weighted by atomic mass is 10.2. The molecule has 0 aromatic carbocycles. The van der Waals surface area contributed by atoms with Gasteiger partial charge in [-0.3, -0.25) is 4.90 Å². The van der Waals surface area contributed by atoms with Crippen molar-refractivity contribution in [2.75, 3.05) is 39.3 Å². The fourth-order valence-corrected chi connectivity index (χ4v) is 3.54. The molecule has 1 atom stereocenters. The highest BCUT2D eigenvalue weighted by molar-refractivity contribution is 7.09. The number of urea groups is 1. The zero-order valence-electron chi connectivity index (χ0n) is 13.1. The summed E-state index contributed by atoms with van der Waals surface area (Å²) in [6.45, 7) is 7.75. The average molecular weight is 324 g/mol. The van der Waals surface area contributed by atoms with E-state index in [1.54, 1.807) is 11.3 Å². The van der Waals surface area contributed by atoms with E-state index in [-0.39, 0.29) is 12.1 Å². The van der Waals surface area contributed by atoms with Gasteiger partial charge in [0.25, 0.3) is 0 Å². The largest absolute Gasteiger partial charge is 0.376 e. The predicted octanol–water partition coefficient (Wildman–Crippen LogP) is 1.46. The number of nitrogens with zero attached hydrogens (tertiary/aromatic N) is 3. The number of aryl methyl sites for hydroxylation is 1. The van der Waals surface area contributed by atoms with Crippen molar-refractivity contribution >= 4 is 17.4 Å². The second-order valence-electron chi connectivity index (χ2n) is 5.94. The van der Waals surface area contributed by atoms with Crippen molar-refractivity contribution in [3.8, 4) is 0 Å². The zero-order chi connectivity index (χ0) is 15.4. The van der Waals surface area contributed by atoms with E-state index >= 15 is 0 Å². The molecule has 3 rings (SSSR count). The Morgan fingerprint density at radius 3 is 2.91 bits per heavy atom. The van der Waals surface area contributed by atoms with Crippen molar-refractivity contribution in [3.05, 3.63) is 16.1 Å². The van der Waals surface area contributed by atoms with Gasteiger partial charge in [0.1, 0.15) is 0 Å². The normalized spacial score (nSPS) is 23.0. The van der Waals surface area contributed by atoms with E-state index in [0.29, 0.717) is 6.54 Å². The van der Waals surface area contributed by atoms with Crippen LogP contribution in [0.15, 0.2) is 5.38 Å². The molecule has 7 heteroatoms. The van der Waals surface area contributed by atoms with E-state index in [0.717, 1.165) is 62.9 Å². The number of nitrogens with one attached hydrogen (secondary N) is 1. The van der Waals surface area contributed by atoms with Crippen LogP contribution in [-0.4, -0.2) is 66.2 Å². The highest BCUT2D eigenvalue weighted by atomic mass is 32.1. The van der Waals surface area contributed by atoms with Crippen LogP contribution in [0.5, 0.6) is 0 Å². The maximum atomic E-state index is 12.2. The molecule has 2 saturated heterocycles. The molecule has 22 heavy (non-hydrogen) atoms. The van der Waals surface area contributed by atoms with E-state index in [9.17, 15) is 4.79 Å². The first-order valence-corrected chi connectivity index (χ1v) is 8.86. The van der Waals surface area contributed by atoms with Crippen LogP contribution in [0.25, 0.3) is 0 Å². The van der Waals surface area contributed by atoms with Gasteiger partial charge < -0.3 is 15.0 Å². The van der Waals surface area contributed by atoms with Crippen molar-refractivity contribution in [1.82, 2.24) is 20.1 Å². The first kappa shape index (κ1) is 15.7. The molecule has 2 fully saturated rings. The zero-order valence-corrected chi connectivity index (χ0v) is 13.9. The number of ether oxygens (including phenoxy) is 1. The Bertz CT molecular complexity index is 493. The fourth-order valence-electron chi connectivity index (χ4n) is 2.94. The number of piperazine rings is 1. The Hall–Kier alpha value is -1.18. The van der Waals surface area contributed by atoms with Gasteiger partial charge in [0.15, 0.2) is 0 Å². The Labute approximate surface area is 135 Å². The molecule has 2 aliphatic heterocycles. The molecule has 1 aromatic heterocycles. The molecule has 0 unspecified atom stereocenters. The van der Waals surface area contributed by atoms with Gasteiger partial charge in [-0.05, 0) is 19.8 Å². The molecule has 122 valence electrons. The molecule has 3 heterocycles. The summed E-state index contributed by atoms with van der Waals surface area (Å²) >= 11 is 1.69. The monoisotopic (exact) mass is 324 g/mol. The lowest BCUT2D eigenvalue weighted by Gasteiger charge is -2.34. The van der Waals surface area contributed by atoms with Crippen LogP contribution in [0.4, 0.5) is 4.79 Å². The average Bonchev–Trinajstić information content (AvgIpc) is 3.17. The number of carbonyl (C=O) groups is 1. The Morgan fingerprint density at radius 2 is 2.27 bits per heavy atom. The molecule has 2 amide bonds. The van der Waals surface area contributed by atoms with Gasteiger partial charge in [-0.25, -0.2) is 9.78 Å². The first-order valence-electron chi connectivity index (χ1n) is 7.98. The van der Waals surface area contributed by atoms with Crippen molar-refractivity contribution < 1.29 is 9.53 Å². The smallest absolute Gasteiger partial charge is 0.317 e. The second kappa shape index (κ2) is 7.39. The van der Waals surface area contributed by atoms with Crippen LogP contribution in [0, 0.1) is 6.92 Å². The summed E-state index contributed by atoms with van der Waals surface area (Å²) in [7, 11) is 0. The number of aromatic nitrogens is 1. The number of amides is 2. The van der Waals surface area contributed by atoms with Crippen molar-refractivity contribution in [1.29, 1.82) is 0 Å². The van der Waals surface area contributed by atoms with Crippen LogP contribution >= 0.6 is 11.3 Å². The summed E-state index contributed by atoms with van der Waals surface area (Å²) in [4.78, 5) is 20.9. The van der Waals surface area contributed by atoms with Crippen LogP contribution in [0.2, 0.25) is 0 Å². The van der Waals surface area contributed by atoms with Crippen LogP contribution < -0.4 is 5.32 Å². The minimum atomic E-state index is 0.0413. The number of hydrogen-bond acceptors (Lipinski definition) is 5. The predicted molar refractivity (Wildman–Crippen MR) is 86.1 cm³/mol. The van der Waals surface area contributed by atoms with E-state index in [4.69, 9.17) is 4.74 Å². The third kappa shape index (κ3) is 4.18. The van der Waals surface area contributed by atoms with E-state index in [1.165, 1.54) is 0 Å². The quantitative estimate of drug-likeness (QED) is 0.911. The van der Waals surface area contributed by atoms with Crippen molar-refractivity contribution in [3.63, 3.8) is 0 Å². The summed E-state index contributed by atoms with van der Waals surface area (Å²) in [6.07, 6.45) is 2.37. The number of hydrogen-bond donors (Lipinski definition) is 1. The molecule has 0 radical (unpaired) electrons. The summed E-state index contributed by atoms with van der Waals surface area (Å²) in [6, 6.07) is 0.0413. The molecule has 0 aliphatic carbocycles. The summed E-state index contributed by atoms with van der Waals surface area (Å²) in [5.41, 5.74) is 1.14. The van der Waals surface area contributed by atoms with E-state index in [2.05, 4.69) is 20.6 Å². The molecule has 0 bridgehead atoms. The van der Waals surface area contributed by atoms with Crippen molar-refractivity contribution in [2.24, 2.45) is 0 Å². The highest BCUT2D eigenvalue weighted by Crippen LogP contribution is 2.13. The molecule has 0 saturated carbocycles. The third-order valence-electron chi connectivity index (χ3n) is 4.22. The molecule has 6 nitrogen and oxygen atoms in total. The minimum Gasteiger partial charge on any atom is -0.376 e. The van der Waals surface area contributed by atoms with Crippen LogP contribution in [-0.2, 0) is 11.3 Å². The Kier molecular flexibility index (Phi) is 5.28. The van der Waals surface area contributed by atoms with E-state index in [1.807, 2.05) is 11.8 Å². The number of rotatable bonds is 4. The molecule has 0 spiro atoms. The summed E-state index contributed by atoms with van der Waals surface area (Å²) in [5.74, 6) is 0. The maximum Gasteiger partial charge on any atom is 0.317 e. The summed E-state index contributed by atoms with van der Waals surface area (Å²) < 4.78 is 5.53. The number of carbonyl (C=O) groups excluding carboxylic acids is 1. The Morgan fingerprint density at radius 1 is 1.45 bits per heavy atom. The van der Waals surface area contributed by atoms with Gasteiger partial charge in [0, 0.05) is 51.3 Å². The molecular weight excluding hydrogens is 300 g/mol. The van der Waals surface area contributed by atoms with Gasteiger partial charge in [-0.2, -0.15) is 0 Å². The maximum absolute atomic E-state index is 12.2. The van der Waals surface area contributed by atoms with Gasteiger partial charge in [-0.1, -0.05) is 0 Å². The van der Waals surface area contributed by atoms with Gasteiger partial charge >= 0.3 is 6.03 Å². The van der Waals surface area contributed by atoms with Crippen LogP contribution in [0.3, 0.4) is 0 Å².